The second-order valence-electron chi connectivity index (χ2n) is 4.70. The molecule has 0 spiro atoms. The van der Waals surface area contributed by atoms with Gasteiger partial charge in [0.25, 0.3) is 5.91 Å². The van der Waals surface area contributed by atoms with Gasteiger partial charge in [0, 0.05) is 32.4 Å². The highest BCUT2D eigenvalue weighted by atomic mass is 16.2. The van der Waals surface area contributed by atoms with E-state index in [1.165, 1.54) is 11.1 Å². The van der Waals surface area contributed by atoms with Crippen LogP contribution in [0.3, 0.4) is 0 Å². The highest BCUT2D eigenvalue weighted by molar-refractivity contribution is 5.99. The first-order valence-corrected chi connectivity index (χ1v) is 5.82. The van der Waals surface area contributed by atoms with Crippen molar-refractivity contribution in [3.05, 3.63) is 27.8 Å². The van der Waals surface area contributed by atoms with E-state index in [4.69, 9.17) is 0 Å². The molecule has 3 nitrogen and oxygen atoms in total. The Bertz CT molecular complexity index is 462. The molecule has 0 aromatic heterocycles. The number of anilines is 1. The van der Waals surface area contributed by atoms with E-state index in [1.807, 2.05) is 20.9 Å². The maximum absolute atomic E-state index is 12.2. The fraction of sp³-hybridized carbons (Fsp3) is 0.500. The first-order valence-electron chi connectivity index (χ1n) is 5.82. The number of amides is 1. The standard InChI is InChI=1S/C14H22N2O/c1-8-9(2)12(14(17)16(6)7)11(4)13(15-5)10(8)3/h15H,1-7H3. The smallest absolute Gasteiger partial charge is 0.253 e. The molecule has 0 radical (unpaired) electrons. The van der Waals surface area contributed by atoms with Gasteiger partial charge in [-0.25, -0.2) is 0 Å². The van der Waals surface area contributed by atoms with E-state index < -0.39 is 0 Å². The van der Waals surface area contributed by atoms with E-state index in [0.29, 0.717) is 0 Å². The minimum atomic E-state index is 0.0691. The monoisotopic (exact) mass is 234 g/mol. The summed E-state index contributed by atoms with van der Waals surface area (Å²) in [7, 11) is 5.47. The Kier molecular flexibility index (Phi) is 3.81. The largest absolute Gasteiger partial charge is 0.388 e. The summed E-state index contributed by atoms with van der Waals surface area (Å²) in [4.78, 5) is 13.8. The van der Waals surface area contributed by atoms with Gasteiger partial charge in [-0.1, -0.05) is 0 Å². The Morgan fingerprint density at radius 3 is 1.88 bits per heavy atom. The lowest BCUT2D eigenvalue weighted by Crippen LogP contribution is -2.24. The Morgan fingerprint density at radius 1 is 0.941 bits per heavy atom. The van der Waals surface area contributed by atoms with Crippen molar-refractivity contribution in [1.82, 2.24) is 4.90 Å². The summed E-state index contributed by atoms with van der Waals surface area (Å²) < 4.78 is 0. The average molecular weight is 234 g/mol. The molecule has 1 rings (SSSR count). The Balaban J connectivity index is 3.61. The van der Waals surface area contributed by atoms with Crippen molar-refractivity contribution < 1.29 is 4.79 Å². The van der Waals surface area contributed by atoms with E-state index in [2.05, 4.69) is 19.2 Å². The van der Waals surface area contributed by atoms with Crippen LogP contribution in [0.15, 0.2) is 0 Å². The quantitative estimate of drug-likeness (QED) is 0.853. The second-order valence-corrected chi connectivity index (χ2v) is 4.70. The first kappa shape index (κ1) is 13.6. The highest BCUT2D eigenvalue weighted by Crippen LogP contribution is 2.30. The highest BCUT2D eigenvalue weighted by Gasteiger charge is 2.20. The molecular weight excluding hydrogens is 212 g/mol. The van der Waals surface area contributed by atoms with Crippen LogP contribution in [0.5, 0.6) is 0 Å². The third-order valence-corrected chi connectivity index (χ3v) is 3.50. The predicted octanol–water partition coefficient (Wildman–Crippen LogP) is 2.66. The van der Waals surface area contributed by atoms with E-state index in [9.17, 15) is 4.79 Å². The second kappa shape index (κ2) is 4.78. The molecule has 1 aromatic rings. The Labute approximate surface area is 104 Å². The zero-order valence-corrected chi connectivity index (χ0v) is 11.9. The maximum Gasteiger partial charge on any atom is 0.253 e. The van der Waals surface area contributed by atoms with Gasteiger partial charge in [-0.3, -0.25) is 4.79 Å². The Hall–Kier alpha value is -1.51. The zero-order chi connectivity index (χ0) is 13.3. The van der Waals surface area contributed by atoms with Crippen molar-refractivity contribution in [3.8, 4) is 0 Å². The summed E-state index contributed by atoms with van der Waals surface area (Å²) in [5.74, 6) is 0.0691. The van der Waals surface area contributed by atoms with E-state index >= 15 is 0 Å². The van der Waals surface area contributed by atoms with Gasteiger partial charge in [0.15, 0.2) is 0 Å². The lowest BCUT2D eigenvalue weighted by molar-refractivity contribution is 0.0826. The van der Waals surface area contributed by atoms with Crippen molar-refractivity contribution in [3.63, 3.8) is 0 Å². The predicted molar refractivity (Wildman–Crippen MR) is 73.0 cm³/mol. The molecule has 0 aliphatic carbocycles. The molecule has 0 bridgehead atoms. The SMILES string of the molecule is CNc1c(C)c(C)c(C)c(C(=O)N(C)C)c1C. The molecule has 0 heterocycles. The molecule has 0 aliphatic rings. The normalized spacial score (nSPS) is 10.3. The topological polar surface area (TPSA) is 32.3 Å². The van der Waals surface area contributed by atoms with E-state index in [-0.39, 0.29) is 5.91 Å². The molecule has 1 amide bonds. The molecule has 1 N–H and O–H groups in total. The molecule has 0 saturated carbocycles. The van der Waals surface area contributed by atoms with Gasteiger partial charge in [-0.15, -0.1) is 0 Å². The molecule has 1 aromatic carbocycles. The molecule has 0 aliphatic heterocycles. The summed E-state index contributed by atoms with van der Waals surface area (Å²) in [5.41, 5.74) is 6.41. The van der Waals surface area contributed by atoms with Crippen molar-refractivity contribution in [2.75, 3.05) is 26.5 Å². The van der Waals surface area contributed by atoms with Crippen LogP contribution in [-0.2, 0) is 0 Å². The maximum atomic E-state index is 12.2. The number of carbonyl (C=O) groups is 1. The number of nitrogens with zero attached hydrogens (tertiary/aromatic N) is 1. The number of benzene rings is 1. The van der Waals surface area contributed by atoms with E-state index in [1.54, 1.807) is 19.0 Å². The van der Waals surface area contributed by atoms with Crippen molar-refractivity contribution in [2.24, 2.45) is 0 Å². The van der Waals surface area contributed by atoms with Gasteiger partial charge >= 0.3 is 0 Å². The summed E-state index contributed by atoms with van der Waals surface area (Å²) in [6.45, 7) is 8.18. The van der Waals surface area contributed by atoms with Crippen LogP contribution in [0.2, 0.25) is 0 Å². The molecular formula is C14H22N2O. The number of hydrogen-bond donors (Lipinski definition) is 1. The van der Waals surface area contributed by atoms with Crippen LogP contribution in [0.4, 0.5) is 5.69 Å². The fourth-order valence-electron chi connectivity index (χ4n) is 2.26. The number of rotatable bonds is 2. The molecule has 0 fully saturated rings. The first-order chi connectivity index (χ1) is 7.82. The van der Waals surface area contributed by atoms with Crippen LogP contribution in [0, 0.1) is 27.7 Å². The van der Waals surface area contributed by atoms with Gasteiger partial charge in [-0.2, -0.15) is 0 Å². The van der Waals surface area contributed by atoms with Crippen molar-refractivity contribution in [2.45, 2.75) is 27.7 Å². The van der Waals surface area contributed by atoms with Crippen LogP contribution >= 0.6 is 0 Å². The molecule has 0 saturated heterocycles. The fourth-order valence-corrected chi connectivity index (χ4v) is 2.26. The van der Waals surface area contributed by atoms with Gasteiger partial charge in [0.2, 0.25) is 0 Å². The molecule has 94 valence electrons. The van der Waals surface area contributed by atoms with Gasteiger partial charge < -0.3 is 10.2 Å². The third-order valence-electron chi connectivity index (χ3n) is 3.50. The molecule has 17 heavy (non-hydrogen) atoms. The summed E-state index contributed by atoms with van der Waals surface area (Å²) in [6.07, 6.45) is 0. The summed E-state index contributed by atoms with van der Waals surface area (Å²) in [6, 6.07) is 0. The van der Waals surface area contributed by atoms with E-state index in [0.717, 1.165) is 22.4 Å². The van der Waals surface area contributed by atoms with Crippen LogP contribution < -0.4 is 5.32 Å². The van der Waals surface area contributed by atoms with Crippen molar-refractivity contribution >= 4 is 11.6 Å². The van der Waals surface area contributed by atoms with Crippen LogP contribution in [-0.4, -0.2) is 32.0 Å². The lowest BCUT2D eigenvalue weighted by Gasteiger charge is -2.21. The zero-order valence-electron chi connectivity index (χ0n) is 11.9. The van der Waals surface area contributed by atoms with Gasteiger partial charge in [0.1, 0.15) is 0 Å². The summed E-state index contributed by atoms with van der Waals surface area (Å²) >= 11 is 0. The average Bonchev–Trinajstić information content (AvgIpc) is 2.27. The number of carbonyl (C=O) groups excluding carboxylic acids is 1. The molecule has 3 heteroatoms. The van der Waals surface area contributed by atoms with Gasteiger partial charge in [-0.05, 0) is 49.9 Å². The third kappa shape index (κ3) is 2.14. The minimum Gasteiger partial charge on any atom is -0.388 e. The Morgan fingerprint density at radius 2 is 1.47 bits per heavy atom. The summed E-state index contributed by atoms with van der Waals surface area (Å²) in [5, 5.41) is 3.20. The van der Waals surface area contributed by atoms with Gasteiger partial charge in [0.05, 0.1) is 0 Å². The number of nitrogens with one attached hydrogen (secondary N) is 1. The lowest BCUT2D eigenvalue weighted by atomic mass is 9.91. The molecule has 0 atom stereocenters. The van der Waals surface area contributed by atoms with Crippen LogP contribution in [0.1, 0.15) is 32.6 Å². The van der Waals surface area contributed by atoms with Crippen molar-refractivity contribution in [1.29, 1.82) is 0 Å². The minimum absolute atomic E-state index is 0.0691. The molecule has 0 unspecified atom stereocenters. The number of hydrogen-bond acceptors (Lipinski definition) is 2. The van der Waals surface area contributed by atoms with Crippen LogP contribution in [0.25, 0.3) is 0 Å².